The Hall–Kier alpha value is -3.00. The standard InChI is InChI=1S/C25H27F3N2O3/c1-32-22-9-8-20(17-23(22)33-15-14-29-11-3-2-4-12-29)30-13-10-21(24(30)31)18-6-5-7-19(16-18)25(26,27)28/h5-10,13,16-17,21H,2-4,11-12,14-15H2,1H3. The Morgan fingerprint density at radius 2 is 1.82 bits per heavy atom. The monoisotopic (exact) mass is 460 g/mol. The van der Waals surface area contributed by atoms with E-state index in [1.807, 2.05) is 0 Å². The quantitative estimate of drug-likeness (QED) is 0.568. The molecule has 1 fully saturated rings. The van der Waals surface area contributed by atoms with Crippen molar-refractivity contribution in [3.8, 4) is 11.5 Å². The van der Waals surface area contributed by atoms with E-state index in [-0.39, 0.29) is 5.91 Å². The largest absolute Gasteiger partial charge is 0.493 e. The lowest BCUT2D eigenvalue weighted by Gasteiger charge is -2.26. The van der Waals surface area contributed by atoms with Crippen molar-refractivity contribution >= 4 is 11.6 Å². The molecule has 2 aromatic rings. The van der Waals surface area contributed by atoms with Crippen molar-refractivity contribution in [1.29, 1.82) is 0 Å². The minimum Gasteiger partial charge on any atom is -0.493 e. The van der Waals surface area contributed by atoms with Gasteiger partial charge in [0.15, 0.2) is 11.5 Å². The molecule has 0 radical (unpaired) electrons. The normalized spacial score (nSPS) is 19.2. The predicted molar refractivity (Wildman–Crippen MR) is 120 cm³/mol. The number of hydrogen-bond donors (Lipinski definition) is 0. The Labute approximate surface area is 191 Å². The molecule has 4 rings (SSSR count). The summed E-state index contributed by atoms with van der Waals surface area (Å²) in [7, 11) is 1.55. The van der Waals surface area contributed by atoms with Crippen molar-refractivity contribution in [1.82, 2.24) is 4.90 Å². The van der Waals surface area contributed by atoms with Gasteiger partial charge in [-0.25, -0.2) is 0 Å². The van der Waals surface area contributed by atoms with Crippen molar-refractivity contribution in [2.75, 3.05) is 38.3 Å². The molecule has 2 aromatic carbocycles. The molecule has 0 aromatic heterocycles. The van der Waals surface area contributed by atoms with E-state index < -0.39 is 17.7 Å². The zero-order chi connectivity index (χ0) is 23.4. The number of likely N-dealkylation sites (tertiary alicyclic amines) is 1. The summed E-state index contributed by atoms with van der Waals surface area (Å²) in [6.07, 6.45) is 2.42. The maximum Gasteiger partial charge on any atom is 0.416 e. The van der Waals surface area contributed by atoms with Crippen molar-refractivity contribution < 1.29 is 27.4 Å². The van der Waals surface area contributed by atoms with Gasteiger partial charge in [0.05, 0.1) is 24.3 Å². The predicted octanol–water partition coefficient (Wildman–Crippen LogP) is 5.22. The second-order valence-corrected chi connectivity index (χ2v) is 8.24. The van der Waals surface area contributed by atoms with Gasteiger partial charge in [0.2, 0.25) is 5.91 Å². The van der Waals surface area contributed by atoms with E-state index in [9.17, 15) is 18.0 Å². The third kappa shape index (κ3) is 5.33. The highest BCUT2D eigenvalue weighted by atomic mass is 19.4. The Bertz CT molecular complexity index is 1020. The summed E-state index contributed by atoms with van der Waals surface area (Å²) < 4.78 is 50.6. The SMILES string of the molecule is COc1ccc(N2C=CC(c3cccc(C(F)(F)F)c3)C2=O)cc1OCCN1CCCCC1. The average molecular weight is 460 g/mol. The van der Waals surface area contributed by atoms with Gasteiger partial charge in [-0.05, 0) is 49.7 Å². The molecule has 0 N–H and O–H groups in total. The first-order valence-corrected chi connectivity index (χ1v) is 11.1. The van der Waals surface area contributed by atoms with E-state index >= 15 is 0 Å². The number of methoxy groups -OCH3 is 1. The summed E-state index contributed by atoms with van der Waals surface area (Å²) in [5.74, 6) is -0.0187. The fourth-order valence-corrected chi connectivity index (χ4v) is 4.25. The molecule has 8 heteroatoms. The molecule has 1 unspecified atom stereocenters. The number of ether oxygens (including phenoxy) is 2. The molecule has 5 nitrogen and oxygen atoms in total. The van der Waals surface area contributed by atoms with Crippen LogP contribution in [-0.4, -0.2) is 44.2 Å². The molecule has 2 aliphatic heterocycles. The summed E-state index contributed by atoms with van der Waals surface area (Å²) in [6, 6.07) is 10.1. The molecule has 2 aliphatic rings. The van der Waals surface area contributed by atoms with Crippen LogP contribution in [0, 0.1) is 0 Å². The third-order valence-electron chi connectivity index (χ3n) is 6.04. The summed E-state index contributed by atoms with van der Waals surface area (Å²) in [4.78, 5) is 16.9. The number of halogens is 3. The van der Waals surface area contributed by atoms with Crippen LogP contribution in [0.5, 0.6) is 11.5 Å². The molecule has 1 atom stereocenters. The van der Waals surface area contributed by atoms with E-state index in [0.29, 0.717) is 29.4 Å². The van der Waals surface area contributed by atoms with Gasteiger partial charge in [-0.1, -0.05) is 30.7 Å². The number of anilines is 1. The molecule has 1 amide bonds. The molecular weight excluding hydrogens is 433 g/mol. The zero-order valence-electron chi connectivity index (χ0n) is 18.5. The average Bonchev–Trinajstić information content (AvgIpc) is 3.20. The Morgan fingerprint density at radius 1 is 1.03 bits per heavy atom. The van der Waals surface area contributed by atoms with Crippen LogP contribution in [0.25, 0.3) is 0 Å². The fourth-order valence-electron chi connectivity index (χ4n) is 4.25. The van der Waals surface area contributed by atoms with Crippen molar-refractivity contribution in [2.45, 2.75) is 31.4 Å². The number of rotatable bonds is 7. The molecule has 2 heterocycles. The zero-order valence-corrected chi connectivity index (χ0v) is 18.5. The van der Waals surface area contributed by atoms with Crippen molar-refractivity contribution in [3.05, 3.63) is 65.9 Å². The van der Waals surface area contributed by atoms with E-state index in [1.54, 1.807) is 37.6 Å². The Kier molecular flexibility index (Phi) is 6.93. The van der Waals surface area contributed by atoms with Crippen LogP contribution < -0.4 is 14.4 Å². The molecular formula is C25H27F3N2O3. The highest BCUT2D eigenvalue weighted by molar-refractivity contribution is 6.03. The lowest BCUT2D eigenvalue weighted by molar-refractivity contribution is -0.137. The van der Waals surface area contributed by atoms with E-state index in [1.165, 1.54) is 36.3 Å². The number of piperidine rings is 1. The van der Waals surface area contributed by atoms with Gasteiger partial charge in [0, 0.05) is 18.8 Å². The molecule has 33 heavy (non-hydrogen) atoms. The van der Waals surface area contributed by atoms with Crippen LogP contribution >= 0.6 is 0 Å². The number of carbonyl (C=O) groups is 1. The first-order valence-electron chi connectivity index (χ1n) is 11.1. The minimum atomic E-state index is -4.46. The van der Waals surface area contributed by atoms with Gasteiger partial charge >= 0.3 is 6.18 Å². The number of amides is 1. The summed E-state index contributed by atoms with van der Waals surface area (Å²) in [5, 5.41) is 0. The Balaban J connectivity index is 1.47. The van der Waals surface area contributed by atoms with Crippen LogP contribution in [0.15, 0.2) is 54.7 Å². The van der Waals surface area contributed by atoms with Crippen LogP contribution in [0.2, 0.25) is 0 Å². The summed E-state index contributed by atoms with van der Waals surface area (Å²) >= 11 is 0. The Morgan fingerprint density at radius 3 is 2.55 bits per heavy atom. The molecule has 0 spiro atoms. The lowest BCUT2D eigenvalue weighted by Crippen LogP contribution is -2.33. The van der Waals surface area contributed by atoms with E-state index in [4.69, 9.17) is 9.47 Å². The van der Waals surface area contributed by atoms with E-state index in [0.717, 1.165) is 31.8 Å². The van der Waals surface area contributed by atoms with Crippen LogP contribution in [0.1, 0.15) is 36.3 Å². The maximum atomic E-state index is 13.1. The third-order valence-corrected chi connectivity index (χ3v) is 6.04. The van der Waals surface area contributed by atoms with Gasteiger partial charge in [-0.3, -0.25) is 14.6 Å². The topological polar surface area (TPSA) is 42.0 Å². The minimum absolute atomic E-state index is 0.306. The lowest BCUT2D eigenvalue weighted by atomic mass is 9.97. The van der Waals surface area contributed by atoms with Crippen LogP contribution in [0.3, 0.4) is 0 Å². The highest BCUT2D eigenvalue weighted by Gasteiger charge is 2.34. The summed E-state index contributed by atoms with van der Waals surface area (Å²) in [5.41, 5.74) is 0.105. The van der Waals surface area contributed by atoms with Crippen LogP contribution in [0.4, 0.5) is 18.9 Å². The number of hydrogen-bond acceptors (Lipinski definition) is 4. The van der Waals surface area contributed by atoms with Gasteiger partial charge in [0.1, 0.15) is 6.61 Å². The van der Waals surface area contributed by atoms with Gasteiger partial charge < -0.3 is 9.47 Å². The maximum absolute atomic E-state index is 13.1. The molecule has 0 bridgehead atoms. The highest BCUT2D eigenvalue weighted by Crippen LogP contribution is 2.37. The first-order chi connectivity index (χ1) is 15.9. The second-order valence-electron chi connectivity index (χ2n) is 8.24. The summed E-state index contributed by atoms with van der Waals surface area (Å²) in [6.45, 7) is 3.46. The van der Waals surface area contributed by atoms with Crippen molar-refractivity contribution in [3.63, 3.8) is 0 Å². The molecule has 1 saturated heterocycles. The van der Waals surface area contributed by atoms with Gasteiger partial charge in [-0.2, -0.15) is 13.2 Å². The smallest absolute Gasteiger partial charge is 0.416 e. The number of benzene rings is 2. The van der Waals surface area contributed by atoms with Gasteiger partial charge in [0.25, 0.3) is 0 Å². The number of alkyl halides is 3. The van der Waals surface area contributed by atoms with Gasteiger partial charge in [-0.15, -0.1) is 0 Å². The number of nitrogens with zero attached hydrogens (tertiary/aromatic N) is 2. The molecule has 176 valence electrons. The molecule has 0 saturated carbocycles. The van der Waals surface area contributed by atoms with E-state index in [2.05, 4.69) is 4.90 Å². The molecule has 0 aliphatic carbocycles. The van der Waals surface area contributed by atoms with Crippen LogP contribution in [-0.2, 0) is 11.0 Å². The van der Waals surface area contributed by atoms with Crippen molar-refractivity contribution in [2.24, 2.45) is 0 Å². The fraction of sp³-hybridized carbons (Fsp3) is 0.400. The first kappa shape index (κ1) is 23.2. The number of carbonyl (C=O) groups excluding carboxylic acids is 1. The second kappa shape index (κ2) is 9.87.